The summed E-state index contributed by atoms with van der Waals surface area (Å²) in [6.45, 7) is 9.71. The summed E-state index contributed by atoms with van der Waals surface area (Å²) in [6, 6.07) is 0.508. The highest BCUT2D eigenvalue weighted by molar-refractivity contribution is 6.30. The Balaban J connectivity index is 2.50. The van der Waals surface area contributed by atoms with Crippen LogP contribution in [0.3, 0.4) is 0 Å². The highest BCUT2D eigenvalue weighted by atomic mass is 35.5. The Morgan fingerprint density at radius 3 is 2.53 bits per heavy atom. The van der Waals surface area contributed by atoms with Crippen LogP contribution in [-0.4, -0.2) is 16.0 Å². The predicted octanol–water partition coefficient (Wildman–Crippen LogP) is 4.32. The lowest BCUT2D eigenvalue weighted by Crippen LogP contribution is -2.32. The molecule has 0 aliphatic heterocycles. The first kappa shape index (κ1) is 16.5. The average Bonchev–Trinajstić information content (AvgIpc) is 2.76. The molecule has 3 nitrogen and oxygen atoms in total. The number of hydrogen-bond donors (Lipinski definition) is 2. The molecule has 0 radical (unpaired) electrons. The normalized spacial score (nSPS) is 13.2. The Hall–Kier alpha value is -0.540. The van der Waals surface area contributed by atoms with Gasteiger partial charge in [0.2, 0.25) is 0 Å². The minimum absolute atomic E-state index is 0.508. The number of aromatic nitrogens is 2. The second-order valence-electron chi connectivity index (χ2n) is 5.30. The molecule has 1 aromatic heterocycles. The minimum Gasteiger partial charge on any atom is -0.344 e. The van der Waals surface area contributed by atoms with E-state index in [9.17, 15) is 0 Å². The Kier molecular flexibility index (Phi) is 7.47. The van der Waals surface area contributed by atoms with E-state index in [0.717, 1.165) is 36.8 Å². The second kappa shape index (κ2) is 8.60. The highest BCUT2D eigenvalue weighted by Crippen LogP contribution is 2.16. The van der Waals surface area contributed by atoms with Gasteiger partial charge in [-0.3, -0.25) is 0 Å². The van der Waals surface area contributed by atoms with Crippen LogP contribution in [0, 0.1) is 5.92 Å². The number of aryl methyl sites for hydroxylation is 1. The minimum atomic E-state index is 0.508. The van der Waals surface area contributed by atoms with Crippen molar-refractivity contribution in [1.29, 1.82) is 0 Å². The van der Waals surface area contributed by atoms with Crippen molar-refractivity contribution in [2.24, 2.45) is 5.92 Å². The zero-order valence-corrected chi connectivity index (χ0v) is 13.5. The van der Waals surface area contributed by atoms with Crippen LogP contribution in [0.25, 0.3) is 0 Å². The van der Waals surface area contributed by atoms with Crippen LogP contribution in [-0.2, 0) is 13.0 Å². The first-order valence-electron chi connectivity index (χ1n) is 7.58. The van der Waals surface area contributed by atoms with E-state index in [-0.39, 0.29) is 0 Å². The molecule has 2 N–H and O–H groups in total. The predicted molar refractivity (Wildman–Crippen MR) is 82.6 cm³/mol. The van der Waals surface area contributed by atoms with Gasteiger partial charge in [0, 0.05) is 19.0 Å². The number of nitrogens with zero attached hydrogens (tertiary/aromatic N) is 1. The summed E-state index contributed by atoms with van der Waals surface area (Å²) in [5, 5.41) is 4.18. The molecule has 0 spiro atoms. The van der Waals surface area contributed by atoms with E-state index in [0.29, 0.717) is 11.2 Å². The molecule has 0 aliphatic rings. The van der Waals surface area contributed by atoms with Crippen molar-refractivity contribution in [3.8, 4) is 0 Å². The maximum atomic E-state index is 6.17. The Bertz CT molecular complexity index is 358. The first-order chi connectivity index (χ1) is 9.12. The standard InChI is InChI=1S/C15H28ClN3/c1-5-8-9-14-18-13(15(16)19-14)10-17-11(4)12(6-2)7-3/h11-12,17H,5-10H2,1-4H3,(H,18,19). The topological polar surface area (TPSA) is 40.7 Å². The molecule has 1 heterocycles. The molecule has 0 fully saturated rings. The average molecular weight is 286 g/mol. The summed E-state index contributed by atoms with van der Waals surface area (Å²) in [7, 11) is 0. The van der Waals surface area contributed by atoms with E-state index in [1.165, 1.54) is 19.3 Å². The molecule has 19 heavy (non-hydrogen) atoms. The molecule has 0 amide bonds. The molecule has 0 aromatic carbocycles. The summed E-state index contributed by atoms with van der Waals surface area (Å²) in [5.74, 6) is 1.74. The van der Waals surface area contributed by atoms with E-state index >= 15 is 0 Å². The maximum Gasteiger partial charge on any atom is 0.151 e. The van der Waals surface area contributed by atoms with Gasteiger partial charge >= 0.3 is 0 Å². The van der Waals surface area contributed by atoms with E-state index in [1.807, 2.05) is 0 Å². The Morgan fingerprint density at radius 1 is 1.26 bits per heavy atom. The molecular weight excluding hydrogens is 258 g/mol. The van der Waals surface area contributed by atoms with Gasteiger partial charge in [-0.15, -0.1) is 0 Å². The zero-order valence-electron chi connectivity index (χ0n) is 12.7. The molecule has 1 aromatic rings. The van der Waals surface area contributed by atoms with Crippen LogP contribution in [0.2, 0.25) is 5.15 Å². The molecular formula is C15H28ClN3. The van der Waals surface area contributed by atoms with Crippen LogP contribution in [0.1, 0.15) is 64.9 Å². The van der Waals surface area contributed by atoms with Gasteiger partial charge in [0.25, 0.3) is 0 Å². The lowest BCUT2D eigenvalue weighted by atomic mass is 9.95. The van der Waals surface area contributed by atoms with Crippen molar-refractivity contribution >= 4 is 11.6 Å². The van der Waals surface area contributed by atoms with Gasteiger partial charge in [-0.1, -0.05) is 51.6 Å². The first-order valence-corrected chi connectivity index (χ1v) is 7.96. The fourth-order valence-electron chi connectivity index (χ4n) is 2.44. The van der Waals surface area contributed by atoms with Gasteiger partial charge in [0.05, 0.1) is 5.69 Å². The largest absolute Gasteiger partial charge is 0.344 e. The molecule has 0 bridgehead atoms. The fraction of sp³-hybridized carbons (Fsp3) is 0.800. The summed E-state index contributed by atoms with van der Waals surface area (Å²) in [5.41, 5.74) is 1.02. The lowest BCUT2D eigenvalue weighted by molar-refractivity contribution is 0.352. The van der Waals surface area contributed by atoms with Crippen molar-refractivity contribution in [2.75, 3.05) is 0 Å². The molecule has 1 atom stereocenters. The van der Waals surface area contributed by atoms with Crippen LogP contribution < -0.4 is 5.32 Å². The number of unbranched alkanes of at least 4 members (excludes halogenated alkanes) is 1. The van der Waals surface area contributed by atoms with Crippen LogP contribution in [0.15, 0.2) is 0 Å². The number of H-pyrrole nitrogens is 1. The molecule has 4 heteroatoms. The maximum absolute atomic E-state index is 6.17. The van der Waals surface area contributed by atoms with Gasteiger partial charge in [-0.25, -0.2) is 4.98 Å². The second-order valence-corrected chi connectivity index (χ2v) is 5.66. The van der Waals surface area contributed by atoms with Crippen LogP contribution in [0.4, 0.5) is 0 Å². The quantitative estimate of drug-likeness (QED) is 0.709. The molecule has 0 saturated heterocycles. The summed E-state index contributed by atoms with van der Waals surface area (Å²) in [6.07, 6.45) is 5.74. The number of imidazole rings is 1. The molecule has 0 saturated carbocycles. The van der Waals surface area contributed by atoms with Crippen LogP contribution >= 0.6 is 11.6 Å². The summed E-state index contributed by atoms with van der Waals surface area (Å²) >= 11 is 6.17. The monoisotopic (exact) mass is 285 g/mol. The van der Waals surface area contributed by atoms with E-state index in [4.69, 9.17) is 11.6 Å². The fourth-order valence-corrected chi connectivity index (χ4v) is 2.66. The van der Waals surface area contributed by atoms with E-state index < -0.39 is 0 Å². The smallest absolute Gasteiger partial charge is 0.151 e. The zero-order chi connectivity index (χ0) is 14.3. The number of aromatic amines is 1. The molecule has 1 rings (SSSR count). The van der Waals surface area contributed by atoms with Crippen molar-refractivity contribution in [1.82, 2.24) is 15.3 Å². The number of halogens is 1. The lowest BCUT2D eigenvalue weighted by Gasteiger charge is -2.22. The highest BCUT2D eigenvalue weighted by Gasteiger charge is 2.14. The SMILES string of the molecule is CCCCc1nc(Cl)c(CNC(C)C(CC)CC)[nH]1. The third-order valence-corrected chi connectivity index (χ3v) is 4.21. The van der Waals surface area contributed by atoms with Crippen molar-refractivity contribution in [2.45, 2.75) is 72.4 Å². The third-order valence-electron chi connectivity index (χ3n) is 3.90. The number of nitrogens with one attached hydrogen (secondary N) is 2. The van der Waals surface area contributed by atoms with Crippen molar-refractivity contribution in [3.05, 3.63) is 16.7 Å². The van der Waals surface area contributed by atoms with Crippen LogP contribution in [0.5, 0.6) is 0 Å². The number of rotatable bonds is 9. The number of hydrogen-bond acceptors (Lipinski definition) is 2. The third kappa shape index (κ3) is 5.15. The van der Waals surface area contributed by atoms with E-state index in [1.54, 1.807) is 0 Å². The molecule has 0 aliphatic carbocycles. The van der Waals surface area contributed by atoms with Gasteiger partial charge < -0.3 is 10.3 Å². The van der Waals surface area contributed by atoms with Crippen molar-refractivity contribution in [3.63, 3.8) is 0 Å². The van der Waals surface area contributed by atoms with Gasteiger partial charge in [-0.05, 0) is 19.3 Å². The van der Waals surface area contributed by atoms with Crippen molar-refractivity contribution < 1.29 is 0 Å². The molecule has 110 valence electrons. The van der Waals surface area contributed by atoms with Gasteiger partial charge in [0.1, 0.15) is 5.82 Å². The van der Waals surface area contributed by atoms with E-state index in [2.05, 4.69) is 43.0 Å². The molecule has 1 unspecified atom stereocenters. The summed E-state index contributed by atoms with van der Waals surface area (Å²) < 4.78 is 0. The Morgan fingerprint density at radius 2 is 1.95 bits per heavy atom. The van der Waals surface area contributed by atoms with Gasteiger partial charge in [0.15, 0.2) is 5.15 Å². The Labute approximate surface area is 122 Å². The van der Waals surface area contributed by atoms with Gasteiger partial charge in [-0.2, -0.15) is 0 Å². The summed E-state index contributed by atoms with van der Waals surface area (Å²) in [4.78, 5) is 7.72.